The summed E-state index contributed by atoms with van der Waals surface area (Å²) < 4.78 is 43.9. The predicted molar refractivity (Wildman–Crippen MR) is 106 cm³/mol. The number of hydrogen-bond acceptors (Lipinski definition) is 5. The SMILES string of the molecule is CN(C)S(=O)(=O)c1cccc(C(=O)Nc2ccc(Oc3ccc(F)cc3)nc2)c1. The number of amides is 1. The van der Waals surface area contributed by atoms with Gasteiger partial charge in [0.05, 0.1) is 16.8 Å². The molecule has 2 aromatic carbocycles. The number of carbonyl (C=O) groups is 1. The molecule has 1 N–H and O–H groups in total. The Bertz CT molecular complexity index is 1120. The molecule has 3 rings (SSSR count). The number of rotatable bonds is 6. The van der Waals surface area contributed by atoms with E-state index in [0.717, 1.165) is 4.31 Å². The summed E-state index contributed by atoms with van der Waals surface area (Å²) in [6.07, 6.45) is 1.40. The van der Waals surface area contributed by atoms with E-state index in [1.807, 2.05) is 0 Å². The van der Waals surface area contributed by atoms with Gasteiger partial charge in [-0.2, -0.15) is 0 Å². The van der Waals surface area contributed by atoms with Crippen molar-refractivity contribution in [3.63, 3.8) is 0 Å². The van der Waals surface area contributed by atoms with E-state index >= 15 is 0 Å². The maximum Gasteiger partial charge on any atom is 0.255 e. The Kier molecular flexibility index (Phi) is 5.90. The van der Waals surface area contributed by atoms with E-state index in [2.05, 4.69) is 10.3 Å². The van der Waals surface area contributed by atoms with Gasteiger partial charge in [0.1, 0.15) is 11.6 Å². The van der Waals surface area contributed by atoms with Crippen LogP contribution in [0.1, 0.15) is 10.4 Å². The highest BCUT2D eigenvalue weighted by Crippen LogP contribution is 2.21. The molecule has 1 aromatic heterocycles. The number of benzene rings is 2. The quantitative estimate of drug-likeness (QED) is 0.666. The van der Waals surface area contributed by atoms with Crippen LogP contribution < -0.4 is 10.1 Å². The van der Waals surface area contributed by atoms with Crippen molar-refractivity contribution in [1.29, 1.82) is 0 Å². The Morgan fingerprint density at radius 2 is 1.79 bits per heavy atom. The van der Waals surface area contributed by atoms with E-state index < -0.39 is 15.9 Å². The molecule has 0 saturated heterocycles. The van der Waals surface area contributed by atoms with Crippen LogP contribution >= 0.6 is 0 Å². The molecule has 9 heteroatoms. The molecule has 0 fully saturated rings. The van der Waals surface area contributed by atoms with Gasteiger partial charge in [-0.25, -0.2) is 22.1 Å². The monoisotopic (exact) mass is 415 g/mol. The number of nitrogens with one attached hydrogen (secondary N) is 1. The zero-order valence-corrected chi connectivity index (χ0v) is 16.5. The van der Waals surface area contributed by atoms with Crippen LogP contribution in [0.2, 0.25) is 0 Å². The molecule has 0 unspecified atom stereocenters. The number of hydrogen-bond donors (Lipinski definition) is 1. The Hall–Kier alpha value is -3.30. The number of pyridine rings is 1. The zero-order valence-electron chi connectivity index (χ0n) is 15.7. The summed E-state index contributed by atoms with van der Waals surface area (Å²) in [5, 5.41) is 2.65. The molecule has 1 heterocycles. The molecule has 0 saturated carbocycles. The number of ether oxygens (including phenoxy) is 1. The molecule has 0 radical (unpaired) electrons. The smallest absolute Gasteiger partial charge is 0.255 e. The third-order valence-electron chi connectivity index (χ3n) is 3.91. The van der Waals surface area contributed by atoms with Crippen molar-refractivity contribution in [3.05, 3.63) is 78.2 Å². The molecule has 0 aliphatic heterocycles. The number of sulfonamides is 1. The number of carbonyl (C=O) groups excluding carboxylic acids is 1. The van der Waals surface area contributed by atoms with Gasteiger partial charge < -0.3 is 10.1 Å². The largest absolute Gasteiger partial charge is 0.439 e. The lowest BCUT2D eigenvalue weighted by Crippen LogP contribution is -2.22. The van der Waals surface area contributed by atoms with Crippen LogP contribution in [0.3, 0.4) is 0 Å². The topological polar surface area (TPSA) is 88.6 Å². The number of halogens is 1. The van der Waals surface area contributed by atoms with E-state index in [1.54, 1.807) is 12.1 Å². The molecule has 150 valence electrons. The van der Waals surface area contributed by atoms with E-state index in [-0.39, 0.29) is 22.2 Å². The molecule has 0 atom stereocenters. The Balaban J connectivity index is 1.70. The van der Waals surface area contributed by atoms with Gasteiger partial charge in [0.15, 0.2) is 0 Å². The summed E-state index contributed by atoms with van der Waals surface area (Å²) in [6.45, 7) is 0. The van der Waals surface area contributed by atoms with E-state index in [4.69, 9.17) is 4.74 Å². The minimum Gasteiger partial charge on any atom is -0.439 e. The maximum absolute atomic E-state index is 12.9. The van der Waals surface area contributed by atoms with Crippen molar-refractivity contribution in [2.45, 2.75) is 4.90 Å². The molecule has 0 aliphatic rings. The maximum atomic E-state index is 12.9. The van der Waals surface area contributed by atoms with E-state index in [1.165, 1.54) is 68.8 Å². The Morgan fingerprint density at radius 1 is 1.07 bits per heavy atom. The summed E-state index contributed by atoms with van der Waals surface area (Å²) in [6, 6.07) is 14.4. The van der Waals surface area contributed by atoms with Crippen molar-refractivity contribution in [3.8, 4) is 11.6 Å². The molecule has 0 spiro atoms. The van der Waals surface area contributed by atoms with Gasteiger partial charge in [0, 0.05) is 25.7 Å². The predicted octanol–water partition coefficient (Wildman–Crippen LogP) is 3.52. The summed E-state index contributed by atoms with van der Waals surface area (Å²) in [5.41, 5.74) is 0.599. The lowest BCUT2D eigenvalue weighted by Gasteiger charge is -2.12. The fourth-order valence-corrected chi connectivity index (χ4v) is 3.30. The lowest BCUT2D eigenvalue weighted by atomic mass is 10.2. The number of nitrogens with zero attached hydrogens (tertiary/aromatic N) is 2. The van der Waals surface area contributed by atoms with Gasteiger partial charge in [-0.05, 0) is 48.5 Å². The third kappa shape index (κ3) is 4.95. The van der Waals surface area contributed by atoms with Crippen molar-refractivity contribution < 1.29 is 22.3 Å². The molecular formula is C20H18FN3O4S. The second-order valence-electron chi connectivity index (χ2n) is 6.21. The van der Waals surface area contributed by atoms with Crippen LogP contribution in [0.15, 0.2) is 71.8 Å². The molecule has 0 aliphatic carbocycles. The molecule has 7 nitrogen and oxygen atoms in total. The molecule has 3 aromatic rings. The van der Waals surface area contributed by atoms with Crippen LogP contribution in [0.5, 0.6) is 11.6 Å². The minimum atomic E-state index is -3.64. The van der Waals surface area contributed by atoms with Crippen molar-refractivity contribution >= 4 is 21.6 Å². The first kappa shape index (κ1) is 20.4. The fraction of sp³-hybridized carbons (Fsp3) is 0.100. The second kappa shape index (κ2) is 8.38. The van der Waals surface area contributed by atoms with Crippen LogP contribution in [-0.4, -0.2) is 37.7 Å². The molecule has 0 bridgehead atoms. The Morgan fingerprint density at radius 3 is 2.41 bits per heavy atom. The van der Waals surface area contributed by atoms with Crippen LogP contribution in [0.4, 0.5) is 10.1 Å². The Labute approximate surface area is 167 Å². The van der Waals surface area contributed by atoms with Gasteiger partial charge in [-0.3, -0.25) is 4.79 Å². The zero-order chi connectivity index (χ0) is 21.0. The third-order valence-corrected chi connectivity index (χ3v) is 5.72. The van der Waals surface area contributed by atoms with E-state index in [9.17, 15) is 17.6 Å². The van der Waals surface area contributed by atoms with Crippen LogP contribution in [0, 0.1) is 5.82 Å². The van der Waals surface area contributed by atoms with Gasteiger partial charge in [0.25, 0.3) is 5.91 Å². The lowest BCUT2D eigenvalue weighted by molar-refractivity contribution is 0.102. The normalized spacial score (nSPS) is 11.3. The molecular weight excluding hydrogens is 397 g/mol. The first-order valence-corrected chi connectivity index (χ1v) is 9.93. The van der Waals surface area contributed by atoms with Crippen molar-refractivity contribution in [2.75, 3.05) is 19.4 Å². The minimum absolute atomic E-state index is 0.0244. The first-order valence-electron chi connectivity index (χ1n) is 8.49. The second-order valence-corrected chi connectivity index (χ2v) is 8.36. The van der Waals surface area contributed by atoms with Crippen molar-refractivity contribution in [2.24, 2.45) is 0 Å². The van der Waals surface area contributed by atoms with E-state index in [0.29, 0.717) is 11.4 Å². The highest BCUT2D eigenvalue weighted by atomic mass is 32.2. The summed E-state index contributed by atoms with van der Waals surface area (Å²) in [4.78, 5) is 16.6. The van der Waals surface area contributed by atoms with Gasteiger partial charge in [0.2, 0.25) is 15.9 Å². The first-order chi connectivity index (χ1) is 13.8. The molecule has 29 heavy (non-hydrogen) atoms. The average molecular weight is 415 g/mol. The fourth-order valence-electron chi connectivity index (χ4n) is 2.35. The highest BCUT2D eigenvalue weighted by Gasteiger charge is 2.18. The van der Waals surface area contributed by atoms with Gasteiger partial charge in [-0.1, -0.05) is 6.07 Å². The number of aromatic nitrogens is 1. The van der Waals surface area contributed by atoms with Gasteiger partial charge >= 0.3 is 0 Å². The molecule has 1 amide bonds. The number of anilines is 1. The van der Waals surface area contributed by atoms with Crippen molar-refractivity contribution in [1.82, 2.24) is 9.29 Å². The summed E-state index contributed by atoms with van der Waals surface area (Å²) in [5.74, 6) is -0.149. The van der Waals surface area contributed by atoms with Crippen LogP contribution in [0.25, 0.3) is 0 Å². The summed E-state index contributed by atoms with van der Waals surface area (Å²) in [7, 11) is -0.803. The average Bonchev–Trinajstić information content (AvgIpc) is 2.71. The van der Waals surface area contributed by atoms with Gasteiger partial charge in [-0.15, -0.1) is 0 Å². The standard InChI is InChI=1S/C20H18FN3O4S/c1-24(2)29(26,27)18-5-3-4-14(12-18)20(25)23-16-8-11-19(22-13-16)28-17-9-6-15(21)7-10-17/h3-13H,1-2H3,(H,23,25). The highest BCUT2D eigenvalue weighted by molar-refractivity contribution is 7.89. The summed E-state index contributed by atoms with van der Waals surface area (Å²) >= 11 is 0. The van der Waals surface area contributed by atoms with Crippen LogP contribution in [-0.2, 0) is 10.0 Å².